The molecule has 0 saturated heterocycles. The monoisotopic (exact) mass is 587 g/mol. The molecular formula is C31H27F2N5O3S. The number of carbonyl (C=O) groups is 1. The Kier molecular flexibility index (Phi) is 6.97. The van der Waals surface area contributed by atoms with Crippen LogP contribution >= 0.6 is 11.3 Å². The van der Waals surface area contributed by atoms with E-state index in [1.165, 1.54) is 39.0 Å². The van der Waals surface area contributed by atoms with Gasteiger partial charge in [-0.1, -0.05) is 6.58 Å². The fourth-order valence-electron chi connectivity index (χ4n) is 5.20. The smallest absolute Gasteiger partial charge is 0.282 e. The van der Waals surface area contributed by atoms with E-state index in [4.69, 9.17) is 14.8 Å². The van der Waals surface area contributed by atoms with Crippen LogP contribution in [0.15, 0.2) is 71.2 Å². The van der Waals surface area contributed by atoms with Gasteiger partial charge in [0.15, 0.2) is 5.83 Å². The van der Waals surface area contributed by atoms with Crippen molar-refractivity contribution in [3.05, 3.63) is 88.3 Å². The molecule has 0 aliphatic carbocycles. The van der Waals surface area contributed by atoms with Crippen LogP contribution in [0.1, 0.15) is 19.5 Å². The van der Waals surface area contributed by atoms with Crippen molar-refractivity contribution in [2.45, 2.75) is 33.0 Å². The summed E-state index contributed by atoms with van der Waals surface area (Å²) in [5, 5.41) is 7.67. The first-order valence-electron chi connectivity index (χ1n) is 13.4. The lowest BCUT2D eigenvalue weighted by atomic mass is 9.97. The van der Waals surface area contributed by atoms with Gasteiger partial charge in [0.05, 0.1) is 30.6 Å². The minimum absolute atomic E-state index is 0.143. The normalized spacial score (nSPS) is 13.0. The van der Waals surface area contributed by atoms with Crippen molar-refractivity contribution >= 4 is 27.3 Å². The zero-order valence-electron chi connectivity index (χ0n) is 23.2. The Hall–Kier alpha value is -4.64. The molecular weight excluding hydrogens is 560 g/mol. The minimum Gasteiger partial charge on any atom is -0.490 e. The summed E-state index contributed by atoms with van der Waals surface area (Å²) in [6, 6.07) is 11.5. The van der Waals surface area contributed by atoms with Gasteiger partial charge in [0.25, 0.3) is 5.91 Å². The number of carbonyl (C=O) groups excluding carboxylic acids is 1. The second kappa shape index (κ2) is 10.6. The Bertz CT molecular complexity index is 1940. The summed E-state index contributed by atoms with van der Waals surface area (Å²) in [6.45, 7) is 7.72. The Labute approximate surface area is 244 Å². The molecule has 8 nitrogen and oxygen atoms in total. The highest BCUT2D eigenvalue weighted by molar-refractivity contribution is 7.18. The number of amides is 1. The van der Waals surface area contributed by atoms with Crippen molar-refractivity contribution in [1.29, 1.82) is 0 Å². The molecule has 0 radical (unpaired) electrons. The van der Waals surface area contributed by atoms with Crippen molar-refractivity contribution in [3.63, 3.8) is 0 Å². The number of nitrogens with zero attached hydrogens (tertiary/aromatic N) is 5. The molecule has 0 bridgehead atoms. The highest BCUT2D eigenvalue weighted by atomic mass is 32.1. The first-order valence-corrected chi connectivity index (χ1v) is 14.2. The van der Waals surface area contributed by atoms with E-state index in [-0.39, 0.29) is 24.8 Å². The molecule has 214 valence electrons. The van der Waals surface area contributed by atoms with Gasteiger partial charge in [-0.05, 0) is 49.6 Å². The number of thiophene rings is 1. The Balaban J connectivity index is 1.61. The predicted octanol–water partition coefficient (Wildman–Crippen LogP) is 5.94. The van der Waals surface area contributed by atoms with Gasteiger partial charge >= 0.3 is 0 Å². The Morgan fingerprint density at radius 2 is 1.93 bits per heavy atom. The Morgan fingerprint density at radius 3 is 2.67 bits per heavy atom. The number of ether oxygens (including phenoxy) is 1. The van der Waals surface area contributed by atoms with Crippen molar-refractivity contribution in [3.8, 4) is 39.5 Å². The van der Waals surface area contributed by atoms with Gasteiger partial charge in [0.1, 0.15) is 23.0 Å². The van der Waals surface area contributed by atoms with E-state index in [0.717, 1.165) is 21.2 Å². The maximum absolute atomic E-state index is 14.5. The van der Waals surface area contributed by atoms with Crippen LogP contribution in [0.3, 0.4) is 0 Å². The quantitative estimate of drug-likeness (QED) is 0.230. The summed E-state index contributed by atoms with van der Waals surface area (Å²) in [7, 11) is 1.68. The summed E-state index contributed by atoms with van der Waals surface area (Å²) in [4.78, 5) is 31.0. The van der Waals surface area contributed by atoms with Crippen LogP contribution in [0.4, 0.5) is 8.78 Å². The average Bonchev–Trinajstić information content (AvgIpc) is 3.60. The molecule has 42 heavy (non-hydrogen) atoms. The lowest BCUT2D eigenvalue weighted by Crippen LogP contribution is -2.38. The number of hydrogen-bond donors (Lipinski definition) is 0. The number of pyridine rings is 2. The largest absolute Gasteiger partial charge is 0.490 e. The molecule has 0 spiro atoms. The molecule has 1 aliphatic rings. The van der Waals surface area contributed by atoms with Crippen molar-refractivity contribution in [1.82, 2.24) is 24.2 Å². The molecule has 4 aromatic heterocycles. The van der Waals surface area contributed by atoms with Gasteiger partial charge in [-0.15, -0.1) is 11.3 Å². The minimum atomic E-state index is -1.01. The second-order valence-electron chi connectivity index (χ2n) is 10.4. The zero-order chi connectivity index (χ0) is 29.7. The molecule has 0 N–H and O–H groups in total. The fourth-order valence-corrected chi connectivity index (χ4v) is 6.15. The fraction of sp³-hybridized carbons (Fsp3) is 0.226. The van der Waals surface area contributed by atoms with Gasteiger partial charge in [-0.25, -0.2) is 13.8 Å². The number of halogens is 2. The molecule has 1 aromatic carbocycles. The molecule has 1 amide bonds. The predicted molar refractivity (Wildman–Crippen MR) is 158 cm³/mol. The molecule has 6 rings (SSSR count). The van der Waals surface area contributed by atoms with Gasteiger partial charge in [-0.3, -0.25) is 14.3 Å². The first-order chi connectivity index (χ1) is 20.1. The van der Waals surface area contributed by atoms with E-state index in [1.807, 2.05) is 31.4 Å². The first kappa shape index (κ1) is 27.5. The summed E-state index contributed by atoms with van der Waals surface area (Å²) < 4.78 is 38.3. The van der Waals surface area contributed by atoms with Gasteiger partial charge in [-0.2, -0.15) is 5.10 Å². The number of aromatic nitrogens is 4. The molecule has 0 saturated carbocycles. The molecule has 1 aliphatic heterocycles. The summed E-state index contributed by atoms with van der Waals surface area (Å²) in [5.41, 5.74) is 4.42. The van der Waals surface area contributed by atoms with E-state index >= 15 is 0 Å². The zero-order valence-corrected chi connectivity index (χ0v) is 24.0. The lowest BCUT2D eigenvalue weighted by molar-refractivity contribution is -0.130. The number of benzene rings is 1. The van der Waals surface area contributed by atoms with Crippen molar-refractivity contribution in [2.24, 2.45) is 7.05 Å². The van der Waals surface area contributed by atoms with Crippen LogP contribution < -0.4 is 10.3 Å². The number of hydrogen-bond acceptors (Lipinski definition) is 6. The molecule has 5 aromatic rings. The number of fused-ring (bicyclic) bond motifs is 2. The summed E-state index contributed by atoms with van der Waals surface area (Å²) in [5.74, 6) is -1.81. The van der Waals surface area contributed by atoms with Crippen LogP contribution in [0.2, 0.25) is 0 Å². The molecule has 0 fully saturated rings. The average molecular weight is 588 g/mol. The van der Waals surface area contributed by atoms with Gasteiger partial charge in [0, 0.05) is 58.7 Å². The van der Waals surface area contributed by atoms with Crippen LogP contribution in [0, 0.1) is 5.82 Å². The molecule has 0 unspecified atom stereocenters. The SMILES string of the molecule is C=C(F)C(=O)N1CCn2nc(-c3nc(-c4ccc(=O)n(C)c4)c4ccsc4c3-c3ccc(F)cc3OC(C)C)cc2C1. The Morgan fingerprint density at radius 1 is 1.12 bits per heavy atom. The van der Waals surface area contributed by atoms with Gasteiger partial charge < -0.3 is 14.2 Å². The summed E-state index contributed by atoms with van der Waals surface area (Å²) in [6.07, 6.45) is 1.53. The lowest BCUT2D eigenvalue weighted by Gasteiger charge is -2.26. The van der Waals surface area contributed by atoms with Crippen LogP contribution in [-0.2, 0) is 24.9 Å². The third-order valence-electron chi connectivity index (χ3n) is 7.10. The van der Waals surface area contributed by atoms with E-state index in [0.29, 0.717) is 40.6 Å². The maximum atomic E-state index is 14.5. The van der Waals surface area contributed by atoms with Crippen molar-refractivity contribution in [2.75, 3.05) is 6.54 Å². The van der Waals surface area contributed by atoms with E-state index in [1.54, 1.807) is 30.1 Å². The second-order valence-corrected chi connectivity index (χ2v) is 11.3. The number of aryl methyl sites for hydroxylation is 1. The van der Waals surface area contributed by atoms with Crippen molar-refractivity contribution < 1.29 is 18.3 Å². The third-order valence-corrected chi connectivity index (χ3v) is 8.03. The van der Waals surface area contributed by atoms with E-state index in [2.05, 4.69) is 6.58 Å². The highest BCUT2D eigenvalue weighted by Gasteiger charge is 2.28. The van der Waals surface area contributed by atoms with E-state index < -0.39 is 17.6 Å². The molecule has 5 heterocycles. The van der Waals surface area contributed by atoms with Crippen LogP contribution in [0.25, 0.3) is 43.9 Å². The number of rotatable bonds is 6. The molecule has 11 heteroatoms. The molecule has 0 atom stereocenters. The highest BCUT2D eigenvalue weighted by Crippen LogP contribution is 2.46. The topological polar surface area (TPSA) is 82.3 Å². The summed E-state index contributed by atoms with van der Waals surface area (Å²) >= 11 is 1.51. The van der Waals surface area contributed by atoms with Gasteiger partial charge in [0.2, 0.25) is 5.56 Å². The van der Waals surface area contributed by atoms with Crippen LogP contribution in [0.5, 0.6) is 5.75 Å². The maximum Gasteiger partial charge on any atom is 0.282 e. The van der Waals surface area contributed by atoms with Crippen LogP contribution in [-0.4, -0.2) is 42.8 Å². The standard InChI is InChI=1S/C31H27F2N5O3S/c1-17(2)41-25-13-20(33)6-7-22(25)27-29(24-14-21-16-37(31(40)18(3)32)10-11-38(21)35-24)34-28(23-9-12-42-30(23)27)19-5-8-26(39)36(4)15-19/h5-9,12-15,17H,3,10-11,16H2,1-2,4H3. The third kappa shape index (κ3) is 4.89. The van der Waals surface area contributed by atoms with E-state index in [9.17, 15) is 18.4 Å².